The molecule has 0 bridgehead atoms. The van der Waals surface area contributed by atoms with Gasteiger partial charge in [0.15, 0.2) is 0 Å². The molecule has 0 amide bonds. The first-order chi connectivity index (χ1) is 9.31. The number of nitro groups is 1. The lowest BCUT2D eigenvalue weighted by Crippen LogP contribution is -2.18. The molecule has 20 heavy (non-hydrogen) atoms. The summed E-state index contributed by atoms with van der Waals surface area (Å²) in [5.74, 6) is 1.30. The Balaban J connectivity index is 3.12. The quantitative estimate of drug-likeness (QED) is 0.357. The van der Waals surface area contributed by atoms with Gasteiger partial charge in [-0.3, -0.25) is 10.1 Å². The van der Waals surface area contributed by atoms with Crippen LogP contribution in [0.15, 0.2) is 28.0 Å². The number of alkyl halides is 1. The zero-order chi connectivity index (χ0) is 15.3. The van der Waals surface area contributed by atoms with Gasteiger partial charge in [-0.25, -0.2) is 13.1 Å². The number of benzene rings is 1. The van der Waals surface area contributed by atoms with Crippen LogP contribution in [0, 0.1) is 16.0 Å². The van der Waals surface area contributed by atoms with Gasteiger partial charge in [-0.2, -0.15) is 0 Å². The molecule has 0 heterocycles. The number of nitro benzene ring substituents is 1. The van der Waals surface area contributed by atoms with E-state index in [1.165, 1.54) is 30.9 Å². The molecule has 0 aliphatic rings. The van der Waals surface area contributed by atoms with E-state index in [9.17, 15) is 18.5 Å². The largest absolute Gasteiger partial charge is 0.284 e. The first kappa shape index (κ1) is 17.2. The number of nitrogens with zero attached hydrogens (tertiary/aromatic N) is 1. The molecule has 0 radical (unpaired) electrons. The molecule has 0 saturated carbocycles. The Morgan fingerprint density at radius 3 is 2.65 bits per heavy atom. The van der Waals surface area contributed by atoms with Crippen LogP contribution in [0.5, 0.6) is 0 Å². The number of thioether (sulfide) groups is 1. The highest BCUT2D eigenvalue weighted by Crippen LogP contribution is 2.32. The number of hydrogen-bond acceptors (Lipinski definition) is 5. The summed E-state index contributed by atoms with van der Waals surface area (Å²) >= 11 is 6.98. The zero-order valence-electron chi connectivity index (χ0n) is 11.0. The minimum absolute atomic E-state index is 0.124. The van der Waals surface area contributed by atoms with Crippen molar-refractivity contribution >= 4 is 39.1 Å². The normalized spacial score (nSPS) is 13.2. The predicted molar refractivity (Wildman–Crippen MR) is 79.9 cm³/mol. The van der Waals surface area contributed by atoms with Crippen molar-refractivity contribution in [2.24, 2.45) is 5.92 Å². The van der Waals surface area contributed by atoms with Gasteiger partial charge in [0.05, 0.1) is 14.7 Å². The van der Waals surface area contributed by atoms with Crippen molar-refractivity contribution < 1.29 is 13.3 Å². The molecule has 112 valence electrons. The van der Waals surface area contributed by atoms with Crippen molar-refractivity contribution in [1.82, 2.24) is 4.72 Å². The van der Waals surface area contributed by atoms with Crippen molar-refractivity contribution in [1.29, 1.82) is 0 Å². The molecular weight excluding hydrogens is 324 g/mol. The van der Waals surface area contributed by atoms with Crippen LogP contribution in [-0.4, -0.2) is 32.0 Å². The molecule has 6 nitrogen and oxygen atoms in total. The summed E-state index contributed by atoms with van der Waals surface area (Å²) in [6.07, 6.45) is 0. The maximum Gasteiger partial charge on any atom is 0.284 e. The fourth-order valence-corrected chi connectivity index (χ4v) is 3.34. The molecule has 0 spiro atoms. The highest BCUT2D eigenvalue weighted by Gasteiger charge is 2.20. The Bertz CT molecular complexity index is 592. The van der Waals surface area contributed by atoms with Gasteiger partial charge < -0.3 is 0 Å². The van der Waals surface area contributed by atoms with Crippen molar-refractivity contribution in [2.45, 2.75) is 16.7 Å². The smallest absolute Gasteiger partial charge is 0.258 e. The van der Waals surface area contributed by atoms with Crippen molar-refractivity contribution in [3.63, 3.8) is 0 Å². The lowest BCUT2D eigenvalue weighted by Gasteiger charge is -2.08. The SMILES string of the molecule is CNS(=O)(=O)c1ccc(SCC(C)CCl)c([N+](=O)[O-])c1. The van der Waals surface area contributed by atoms with E-state index >= 15 is 0 Å². The zero-order valence-corrected chi connectivity index (χ0v) is 13.4. The Hall–Kier alpha value is -0.830. The monoisotopic (exact) mass is 338 g/mol. The Labute approximate surface area is 127 Å². The lowest BCUT2D eigenvalue weighted by molar-refractivity contribution is -0.388. The van der Waals surface area contributed by atoms with Crippen LogP contribution in [0.1, 0.15) is 6.92 Å². The first-order valence-electron chi connectivity index (χ1n) is 5.72. The third-order valence-electron chi connectivity index (χ3n) is 2.49. The fourth-order valence-electron chi connectivity index (χ4n) is 1.32. The second-order valence-electron chi connectivity index (χ2n) is 4.16. The van der Waals surface area contributed by atoms with Crippen LogP contribution in [0.3, 0.4) is 0 Å². The molecule has 1 aromatic rings. The molecule has 0 saturated heterocycles. The minimum atomic E-state index is -3.69. The van der Waals surface area contributed by atoms with Crippen molar-refractivity contribution in [3.8, 4) is 0 Å². The van der Waals surface area contributed by atoms with E-state index in [1.54, 1.807) is 0 Å². The summed E-state index contributed by atoms with van der Waals surface area (Å²) in [6.45, 7) is 1.94. The fraction of sp³-hybridized carbons (Fsp3) is 0.455. The van der Waals surface area contributed by atoms with Crippen molar-refractivity contribution in [3.05, 3.63) is 28.3 Å². The van der Waals surface area contributed by atoms with E-state index < -0.39 is 14.9 Å². The molecule has 0 aromatic heterocycles. The van der Waals surface area contributed by atoms with Crippen LogP contribution in [0.2, 0.25) is 0 Å². The van der Waals surface area contributed by atoms with Crippen LogP contribution in [0.25, 0.3) is 0 Å². The Morgan fingerprint density at radius 2 is 2.15 bits per heavy atom. The van der Waals surface area contributed by atoms with Crippen LogP contribution >= 0.6 is 23.4 Å². The summed E-state index contributed by atoms with van der Waals surface area (Å²) in [6, 6.07) is 3.88. The van der Waals surface area contributed by atoms with Gasteiger partial charge in [0.1, 0.15) is 0 Å². The first-order valence-corrected chi connectivity index (χ1v) is 8.73. The van der Waals surface area contributed by atoms with Gasteiger partial charge in [-0.1, -0.05) is 6.92 Å². The summed E-state index contributed by atoms with van der Waals surface area (Å²) in [5, 5.41) is 11.1. The van der Waals surface area contributed by atoms with Crippen molar-refractivity contribution in [2.75, 3.05) is 18.7 Å². The molecule has 0 aliphatic carbocycles. The van der Waals surface area contributed by atoms with Crippen LogP contribution in [0.4, 0.5) is 5.69 Å². The topological polar surface area (TPSA) is 89.3 Å². The molecule has 9 heteroatoms. The average Bonchev–Trinajstić information content (AvgIpc) is 2.44. The molecule has 1 atom stereocenters. The summed E-state index contributed by atoms with van der Waals surface area (Å²) in [7, 11) is -2.44. The van der Waals surface area contributed by atoms with E-state index in [0.717, 1.165) is 6.07 Å². The van der Waals surface area contributed by atoms with Gasteiger partial charge in [0, 0.05) is 17.7 Å². The summed E-state index contributed by atoms with van der Waals surface area (Å²) in [5.41, 5.74) is -0.215. The maximum absolute atomic E-state index is 11.6. The van der Waals surface area contributed by atoms with E-state index in [-0.39, 0.29) is 16.5 Å². The second-order valence-corrected chi connectivity index (χ2v) is 7.42. The number of nitrogens with one attached hydrogen (secondary N) is 1. The molecule has 1 unspecified atom stereocenters. The molecule has 1 aromatic carbocycles. The highest BCUT2D eigenvalue weighted by atomic mass is 35.5. The number of halogens is 1. The van der Waals surface area contributed by atoms with E-state index in [1.807, 2.05) is 6.92 Å². The predicted octanol–water partition coefficient (Wildman–Crippen LogP) is 2.47. The Morgan fingerprint density at radius 1 is 1.50 bits per heavy atom. The lowest BCUT2D eigenvalue weighted by atomic mass is 10.3. The van der Waals surface area contributed by atoms with Gasteiger partial charge in [-0.05, 0) is 25.1 Å². The molecule has 1 rings (SSSR count). The van der Waals surface area contributed by atoms with Crippen LogP contribution in [-0.2, 0) is 10.0 Å². The number of rotatable bonds is 7. The third kappa shape index (κ3) is 4.34. The standard InChI is InChI=1S/C11H15ClN2O4S2/c1-8(6-12)7-19-11-4-3-9(20(17,18)13-2)5-10(11)14(15)16/h3-5,8,13H,6-7H2,1-2H3. The van der Waals surface area contributed by atoms with Gasteiger partial charge >= 0.3 is 0 Å². The minimum Gasteiger partial charge on any atom is -0.258 e. The van der Waals surface area contributed by atoms with E-state index in [0.29, 0.717) is 16.5 Å². The highest BCUT2D eigenvalue weighted by molar-refractivity contribution is 7.99. The van der Waals surface area contributed by atoms with Crippen LogP contribution < -0.4 is 4.72 Å². The molecule has 0 fully saturated rings. The molecular formula is C11H15ClN2O4S2. The summed E-state index contributed by atoms with van der Waals surface area (Å²) < 4.78 is 25.4. The van der Waals surface area contributed by atoms with E-state index in [4.69, 9.17) is 11.6 Å². The molecule has 1 N–H and O–H groups in total. The summed E-state index contributed by atoms with van der Waals surface area (Å²) in [4.78, 5) is 10.8. The maximum atomic E-state index is 11.6. The van der Waals surface area contributed by atoms with E-state index in [2.05, 4.69) is 4.72 Å². The average molecular weight is 339 g/mol. The van der Waals surface area contributed by atoms with Gasteiger partial charge in [-0.15, -0.1) is 23.4 Å². The molecule has 0 aliphatic heterocycles. The van der Waals surface area contributed by atoms with Gasteiger partial charge in [0.2, 0.25) is 10.0 Å². The second kappa shape index (κ2) is 7.26. The number of hydrogen-bond donors (Lipinski definition) is 1. The Kier molecular flexibility index (Phi) is 6.25. The third-order valence-corrected chi connectivity index (χ3v) is 5.82. The number of sulfonamides is 1. The van der Waals surface area contributed by atoms with Gasteiger partial charge in [0.25, 0.3) is 5.69 Å².